The Morgan fingerprint density at radius 2 is 1.10 bits per heavy atom. The van der Waals surface area contributed by atoms with Crippen molar-refractivity contribution in [3.8, 4) is 11.5 Å². The van der Waals surface area contributed by atoms with Crippen molar-refractivity contribution in [1.29, 1.82) is 0 Å². The van der Waals surface area contributed by atoms with Gasteiger partial charge in [-0.25, -0.2) is 18.4 Å². The summed E-state index contributed by atoms with van der Waals surface area (Å²) in [6.07, 6.45) is 4.99. The third kappa shape index (κ3) is 10.4. The molecule has 0 aliphatic carbocycles. The quantitative estimate of drug-likeness (QED) is 0.0897. The van der Waals surface area contributed by atoms with E-state index < -0.39 is 23.4 Å². The molecule has 0 aromatic heterocycles. The van der Waals surface area contributed by atoms with Gasteiger partial charge in [0.2, 0.25) is 0 Å². The van der Waals surface area contributed by atoms with Gasteiger partial charge in [0, 0.05) is 50.3 Å². The number of benzene rings is 7. The number of piperazine rings is 1. The Labute approximate surface area is 358 Å². The average molecular weight is 837 g/mol. The van der Waals surface area contributed by atoms with E-state index in [9.17, 15) is 38.8 Å². The van der Waals surface area contributed by atoms with Crippen molar-refractivity contribution in [2.75, 3.05) is 39.3 Å². The lowest BCUT2D eigenvalue weighted by molar-refractivity contribution is 0.0502. The summed E-state index contributed by atoms with van der Waals surface area (Å²) in [4.78, 5) is 28.0. The van der Waals surface area contributed by atoms with Crippen LogP contribution in [-0.2, 0) is 17.6 Å². The Balaban J connectivity index is 0.000000188. The number of hydrogen-bond donors (Lipinski definition) is 4. The third-order valence-corrected chi connectivity index (χ3v) is 11.0. The molecule has 0 amide bonds. The molecule has 1 fully saturated rings. The van der Waals surface area contributed by atoms with Gasteiger partial charge < -0.3 is 30.1 Å². The molecule has 0 bridgehead atoms. The number of hydrogen-bond acceptors (Lipinski definition) is 7. The standard InChI is InChI=1S/C28H30F2N2O.C23H16O6/c29-26-12-8-24(9-13-26)28(25-10-14-27(30)15-11-25)33-22-21-32-19-17-31(18-20-32)16-4-7-23-5-2-1-3-6-23;24-20-16(14-7-3-1-5-12(14)9-18(20)22(26)27)11-17-15-8-4-2-6-13(15)10-19(21(17)25)23(28)29/h1-6,8-16,28H,7,17-22H2;1-10,24-25H,11H2,(H,26,27)(H,28,29)/b16-4+;. The van der Waals surface area contributed by atoms with Crippen LogP contribution in [-0.4, -0.2) is 81.5 Å². The molecule has 4 N–H and O–H groups in total. The molecule has 0 atom stereocenters. The second-order valence-electron chi connectivity index (χ2n) is 15.0. The molecule has 1 aliphatic heterocycles. The summed E-state index contributed by atoms with van der Waals surface area (Å²) < 4.78 is 33.0. The number of halogens is 2. The fourth-order valence-electron chi connectivity index (χ4n) is 7.73. The molecule has 1 saturated heterocycles. The molecule has 8 rings (SSSR count). The van der Waals surface area contributed by atoms with Crippen LogP contribution in [0, 0.1) is 11.6 Å². The normalized spacial score (nSPS) is 13.1. The van der Waals surface area contributed by atoms with E-state index in [-0.39, 0.29) is 35.3 Å². The van der Waals surface area contributed by atoms with Crippen molar-refractivity contribution in [2.24, 2.45) is 0 Å². The van der Waals surface area contributed by atoms with E-state index >= 15 is 0 Å². The zero-order valence-corrected chi connectivity index (χ0v) is 33.8. The highest BCUT2D eigenvalue weighted by atomic mass is 19.1. The maximum Gasteiger partial charge on any atom is 0.339 e. The van der Waals surface area contributed by atoms with Gasteiger partial charge in [0.05, 0.1) is 6.61 Å². The van der Waals surface area contributed by atoms with E-state index in [2.05, 4.69) is 46.3 Å². The molecule has 0 saturated carbocycles. The zero-order chi connectivity index (χ0) is 43.6. The van der Waals surface area contributed by atoms with E-state index in [4.69, 9.17) is 4.74 Å². The second-order valence-corrected chi connectivity index (χ2v) is 15.0. The summed E-state index contributed by atoms with van der Waals surface area (Å²) in [7, 11) is 0. The molecule has 0 unspecified atom stereocenters. The molecular formula is C51H46F2N2O7. The maximum atomic E-state index is 13.4. The van der Waals surface area contributed by atoms with E-state index in [0.717, 1.165) is 50.3 Å². The summed E-state index contributed by atoms with van der Waals surface area (Å²) in [6.45, 7) is 5.31. The van der Waals surface area contributed by atoms with E-state index in [1.165, 1.54) is 42.0 Å². The molecule has 11 heteroatoms. The van der Waals surface area contributed by atoms with Crippen LogP contribution in [0.3, 0.4) is 0 Å². The highest BCUT2D eigenvalue weighted by Crippen LogP contribution is 2.39. The number of carboxylic acids is 2. The van der Waals surface area contributed by atoms with Crippen LogP contribution in [0.2, 0.25) is 0 Å². The average Bonchev–Trinajstić information content (AvgIpc) is 3.28. The molecule has 0 radical (unpaired) electrons. The lowest BCUT2D eigenvalue weighted by Gasteiger charge is -2.34. The van der Waals surface area contributed by atoms with Crippen molar-refractivity contribution in [2.45, 2.75) is 18.9 Å². The first-order valence-electron chi connectivity index (χ1n) is 20.3. The monoisotopic (exact) mass is 836 g/mol. The fourth-order valence-corrected chi connectivity index (χ4v) is 7.73. The Hall–Kier alpha value is -7.08. The van der Waals surface area contributed by atoms with Gasteiger partial charge >= 0.3 is 11.9 Å². The Kier molecular flexibility index (Phi) is 13.9. The summed E-state index contributed by atoms with van der Waals surface area (Å²) >= 11 is 0. The van der Waals surface area contributed by atoms with E-state index in [1.54, 1.807) is 72.8 Å². The number of aromatic hydroxyl groups is 2. The first-order chi connectivity index (χ1) is 30.0. The van der Waals surface area contributed by atoms with Crippen molar-refractivity contribution < 1.29 is 43.5 Å². The number of fused-ring (bicyclic) bond motifs is 2. The van der Waals surface area contributed by atoms with Crippen LogP contribution in [0.25, 0.3) is 21.5 Å². The highest BCUT2D eigenvalue weighted by molar-refractivity contribution is 6.02. The van der Waals surface area contributed by atoms with Gasteiger partial charge in [0.25, 0.3) is 0 Å². The topological polar surface area (TPSA) is 131 Å². The van der Waals surface area contributed by atoms with Gasteiger partial charge in [0.15, 0.2) is 0 Å². The summed E-state index contributed by atoms with van der Waals surface area (Å²) in [6, 6.07) is 39.9. The maximum absolute atomic E-state index is 13.4. The largest absolute Gasteiger partial charge is 0.507 e. The van der Waals surface area contributed by atoms with Gasteiger partial charge in [-0.3, -0.25) is 4.90 Å². The van der Waals surface area contributed by atoms with Gasteiger partial charge in [-0.1, -0.05) is 109 Å². The Bertz CT molecular complexity index is 2540. The number of ether oxygens (including phenoxy) is 1. The van der Waals surface area contributed by atoms with Crippen molar-refractivity contribution in [1.82, 2.24) is 9.80 Å². The molecule has 0 spiro atoms. The third-order valence-electron chi connectivity index (χ3n) is 11.0. The van der Waals surface area contributed by atoms with Gasteiger partial charge in [-0.2, -0.15) is 0 Å². The summed E-state index contributed by atoms with van der Waals surface area (Å²) in [5.74, 6) is -3.92. The first kappa shape index (κ1) is 43.0. The van der Waals surface area contributed by atoms with Gasteiger partial charge in [-0.15, -0.1) is 0 Å². The van der Waals surface area contributed by atoms with Crippen LogP contribution in [0.15, 0.2) is 152 Å². The minimum absolute atomic E-state index is 0.0407. The Morgan fingerprint density at radius 1 is 0.629 bits per heavy atom. The van der Waals surface area contributed by atoms with Crippen LogP contribution in [0.5, 0.6) is 11.5 Å². The predicted octanol–water partition coefficient (Wildman–Crippen LogP) is 9.84. The molecule has 7 aromatic rings. The van der Waals surface area contributed by atoms with Gasteiger partial charge in [0.1, 0.15) is 40.4 Å². The molecule has 7 aromatic carbocycles. The van der Waals surface area contributed by atoms with Crippen molar-refractivity contribution in [3.63, 3.8) is 0 Å². The molecule has 62 heavy (non-hydrogen) atoms. The number of nitrogens with zero attached hydrogens (tertiary/aromatic N) is 2. The molecule has 9 nitrogen and oxygen atoms in total. The number of carbonyl (C=O) groups is 2. The van der Waals surface area contributed by atoms with Crippen LogP contribution >= 0.6 is 0 Å². The molecule has 1 aliphatic rings. The minimum atomic E-state index is -1.28. The SMILES string of the molecule is Fc1ccc(C(OCCN2CCN(/C=C/Cc3ccccc3)CC2)c2ccc(F)cc2)cc1.O=C(O)c1cc2ccccc2c(Cc2c(O)c(C(=O)O)cc3ccccc23)c1O. The van der Waals surface area contributed by atoms with Crippen molar-refractivity contribution in [3.05, 3.63) is 202 Å². The number of allylic oxidation sites excluding steroid dienone is 1. The second kappa shape index (κ2) is 20.0. The lowest BCUT2D eigenvalue weighted by atomic mass is 9.90. The number of rotatable bonds is 13. The Morgan fingerprint density at radius 3 is 1.58 bits per heavy atom. The van der Waals surface area contributed by atoms with Crippen LogP contribution in [0.1, 0.15) is 54.6 Å². The molecular weight excluding hydrogens is 791 g/mol. The highest BCUT2D eigenvalue weighted by Gasteiger charge is 2.23. The van der Waals surface area contributed by atoms with E-state index in [1.807, 2.05) is 6.07 Å². The smallest absolute Gasteiger partial charge is 0.339 e. The minimum Gasteiger partial charge on any atom is -0.507 e. The molecule has 316 valence electrons. The lowest BCUT2D eigenvalue weighted by Crippen LogP contribution is -2.45. The first-order valence-corrected chi connectivity index (χ1v) is 20.3. The van der Waals surface area contributed by atoms with Gasteiger partial charge in [-0.05, 0) is 87.3 Å². The van der Waals surface area contributed by atoms with Crippen LogP contribution in [0.4, 0.5) is 8.78 Å². The number of aromatic carboxylic acids is 2. The predicted molar refractivity (Wildman–Crippen MR) is 236 cm³/mol. The number of carboxylic acid groups (broad SMARTS) is 2. The summed E-state index contributed by atoms with van der Waals surface area (Å²) in [5, 5.41) is 42.8. The number of phenols is 2. The fraction of sp³-hybridized carbons (Fsp3) is 0.176. The molecule has 1 heterocycles. The van der Waals surface area contributed by atoms with Crippen molar-refractivity contribution >= 4 is 33.5 Å². The zero-order valence-electron chi connectivity index (χ0n) is 33.8. The van der Waals surface area contributed by atoms with E-state index in [0.29, 0.717) is 39.3 Å². The summed E-state index contributed by atoms with van der Waals surface area (Å²) in [5.41, 5.74) is 3.15. The van der Waals surface area contributed by atoms with Crippen LogP contribution < -0.4 is 0 Å².